The molecule has 3 nitrogen and oxygen atoms in total. The van der Waals surface area contributed by atoms with Gasteiger partial charge in [0.1, 0.15) is 0 Å². The number of halogens is 4. The fourth-order valence-electron chi connectivity index (χ4n) is 2.51. The lowest BCUT2D eigenvalue weighted by Crippen LogP contribution is -2.35. The third-order valence-electron chi connectivity index (χ3n) is 3.76. The summed E-state index contributed by atoms with van der Waals surface area (Å²) < 4.78 is 64.5. The van der Waals surface area contributed by atoms with Gasteiger partial charge in [-0.15, -0.1) is 0 Å². The molecule has 0 N–H and O–H groups in total. The van der Waals surface area contributed by atoms with Gasteiger partial charge in [0.15, 0.2) is 0 Å². The van der Waals surface area contributed by atoms with E-state index < -0.39 is 26.8 Å². The summed E-state index contributed by atoms with van der Waals surface area (Å²) in [5.41, 5.74) is -1.13. The molecule has 0 aromatic heterocycles. The number of benzene rings is 1. The first-order chi connectivity index (χ1) is 9.64. The molecule has 1 aliphatic carbocycles. The van der Waals surface area contributed by atoms with Crippen LogP contribution in [0.25, 0.3) is 0 Å². The monoisotopic (exact) mass is 341 g/mol. The van der Waals surface area contributed by atoms with Crippen molar-refractivity contribution in [3.8, 4) is 0 Å². The molecule has 0 saturated heterocycles. The third kappa shape index (κ3) is 3.35. The Morgan fingerprint density at radius 3 is 2.33 bits per heavy atom. The Kier molecular flexibility index (Phi) is 4.56. The minimum absolute atomic E-state index is 0.153. The predicted molar refractivity (Wildman–Crippen MR) is 73.7 cm³/mol. The quantitative estimate of drug-likeness (QED) is 0.835. The summed E-state index contributed by atoms with van der Waals surface area (Å²) in [6.45, 7) is 0. The molecule has 1 aromatic rings. The van der Waals surface area contributed by atoms with Crippen LogP contribution >= 0.6 is 11.6 Å². The maximum Gasteiger partial charge on any atom is 0.417 e. The Bertz CT molecular complexity index is 625. The zero-order chi connectivity index (χ0) is 15.8. The van der Waals surface area contributed by atoms with Crippen LogP contribution in [0.5, 0.6) is 0 Å². The summed E-state index contributed by atoms with van der Waals surface area (Å²) in [6.07, 6.45) is -1.36. The van der Waals surface area contributed by atoms with Gasteiger partial charge in [-0.05, 0) is 31.0 Å². The molecule has 1 saturated carbocycles. The highest BCUT2D eigenvalue weighted by Crippen LogP contribution is 2.37. The second-order valence-corrected chi connectivity index (χ2v) is 7.50. The lowest BCUT2D eigenvalue weighted by molar-refractivity contribution is -0.137. The first-order valence-corrected chi connectivity index (χ1v) is 8.30. The van der Waals surface area contributed by atoms with E-state index in [1.165, 1.54) is 11.4 Å². The Morgan fingerprint density at radius 2 is 1.81 bits per heavy atom. The van der Waals surface area contributed by atoms with Crippen molar-refractivity contribution < 1.29 is 21.6 Å². The van der Waals surface area contributed by atoms with Crippen molar-refractivity contribution >= 4 is 21.6 Å². The van der Waals surface area contributed by atoms with Gasteiger partial charge >= 0.3 is 6.18 Å². The van der Waals surface area contributed by atoms with Crippen LogP contribution < -0.4 is 0 Å². The van der Waals surface area contributed by atoms with E-state index >= 15 is 0 Å². The molecular formula is C13H15ClF3NO2S. The predicted octanol–water partition coefficient (Wildman–Crippen LogP) is 3.92. The van der Waals surface area contributed by atoms with E-state index in [0.717, 1.165) is 37.8 Å². The molecule has 1 aliphatic rings. The van der Waals surface area contributed by atoms with E-state index in [4.69, 9.17) is 11.6 Å². The highest BCUT2D eigenvalue weighted by atomic mass is 35.5. The molecule has 8 heteroatoms. The van der Waals surface area contributed by atoms with Gasteiger partial charge in [0.05, 0.1) is 15.5 Å². The van der Waals surface area contributed by atoms with Gasteiger partial charge in [0.25, 0.3) is 0 Å². The van der Waals surface area contributed by atoms with E-state index in [-0.39, 0.29) is 10.9 Å². The molecule has 118 valence electrons. The zero-order valence-corrected chi connectivity index (χ0v) is 12.9. The minimum Gasteiger partial charge on any atom is -0.207 e. The van der Waals surface area contributed by atoms with Crippen LogP contribution in [0.15, 0.2) is 23.1 Å². The highest BCUT2D eigenvalue weighted by Gasteiger charge is 2.36. The van der Waals surface area contributed by atoms with Crippen molar-refractivity contribution in [2.45, 2.75) is 42.8 Å². The van der Waals surface area contributed by atoms with Gasteiger partial charge in [-0.3, -0.25) is 0 Å². The van der Waals surface area contributed by atoms with Crippen LogP contribution in [-0.2, 0) is 16.2 Å². The number of hydrogen-bond donors (Lipinski definition) is 0. The third-order valence-corrected chi connectivity index (χ3v) is 5.99. The first-order valence-electron chi connectivity index (χ1n) is 6.49. The topological polar surface area (TPSA) is 37.4 Å². The van der Waals surface area contributed by atoms with Crippen LogP contribution in [0.2, 0.25) is 5.02 Å². The van der Waals surface area contributed by atoms with Gasteiger partial charge in [-0.2, -0.15) is 17.5 Å². The smallest absolute Gasteiger partial charge is 0.207 e. The molecule has 0 unspecified atom stereocenters. The van der Waals surface area contributed by atoms with E-state index in [2.05, 4.69) is 0 Å². The SMILES string of the molecule is CN(C1CCCC1)S(=O)(=O)c1ccc(Cl)c(C(F)(F)F)c1. The van der Waals surface area contributed by atoms with Crippen molar-refractivity contribution in [3.05, 3.63) is 28.8 Å². The second kappa shape index (κ2) is 5.78. The van der Waals surface area contributed by atoms with Gasteiger partial charge in [0, 0.05) is 13.1 Å². The summed E-state index contributed by atoms with van der Waals surface area (Å²) in [6, 6.07) is 2.53. The Hall–Kier alpha value is -0.790. The Labute approximate surface area is 126 Å². The first kappa shape index (κ1) is 16.6. The Morgan fingerprint density at radius 1 is 1.24 bits per heavy atom. The van der Waals surface area contributed by atoms with Crippen LogP contribution in [-0.4, -0.2) is 25.8 Å². The molecule has 1 aromatic carbocycles. The molecule has 0 aliphatic heterocycles. The normalized spacial score (nSPS) is 17.6. The second-order valence-electron chi connectivity index (χ2n) is 5.10. The zero-order valence-electron chi connectivity index (χ0n) is 11.3. The molecule has 1 fully saturated rings. The summed E-state index contributed by atoms with van der Waals surface area (Å²) in [5.74, 6) is 0. The molecular weight excluding hydrogens is 327 g/mol. The van der Waals surface area contributed by atoms with Crippen LogP contribution in [0.4, 0.5) is 13.2 Å². The van der Waals surface area contributed by atoms with E-state index in [1.807, 2.05) is 0 Å². The number of sulfonamides is 1. The van der Waals surface area contributed by atoms with Gasteiger partial charge in [-0.25, -0.2) is 8.42 Å². The van der Waals surface area contributed by atoms with Crippen molar-refractivity contribution in [2.75, 3.05) is 7.05 Å². The van der Waals surface area contributed by atoms with Crippen molar-refractivity contribution in [3.63, 3.8) is 0 Å². The molecule has 2 rings (SSSR count). The number of alkyl halides is 3. The minimum atomic E-state index is -4.69. The number of nitrogens with zero attached hydrogens (tertiary/aromatic N) is 1. The van der Waals surface area contributed by atoms with Gasteiger partial charge in [0.2, 0.25) is 10.0 Å². The van der Waals surface area contributed by atoms with Gasteiger partial charge < -0.3 is 0 Å². The maximum absolute atomic E-state index is 12.8. The van der Waals surface area contributed by atoms with Gasteiger partial charge in [-0.1, -0.05) is 24.4 Å². The molecule has 0 radical (unpaired) electrons. The molecule has 0 amide bonds. The highest BCUT2D eigenvalue weighted by molar-refractivity contribution is 7.89. The lowest BCUT2D eigenvalue weighted by Gasteiger charge is -2.24. The molecule has 0 bridgehead atoms. The standard InChI is InChI=1S/C13H15ClF3NO2S/c1-18(9-4-2-3-5-9)21(19,20)10-6-7-12(14)11(8-10)13(15,16)17/h6-9H,2-5H2,1H3. The molecule has 21 heavy (non-hydrogen) atoms. The van der Waals surface area contributed by atoms with Crippen molar-refractivity contribution in [2.24, 2.45) is 0 Å². The van der Waals surface area contributed by atoms with Crippen molar-refractivity contribution in [1.29, 1.82) is 0 Å². The summed E-state index contributed by atoms with van der Waals surface area (Å²) in [4.78, 5) is -0.381. The molecule has 0 spiro atoms. The maximum atomic E-state index is 12.8. The lowest BCUT2D eigenvalue weighted by atomic mass is 10.2. The van der Waals surface area contributed by atoms with Crippen LogP contribution in [0.1, 0.15) is 31.2 Å². The van der Waals surface area contributed by atoms with E-state index in [9.17, 15) is 21.6 Å². The molecule has 0 heterocycles. The van der Waals surface area contributed by atoms with E-state index in [0.29, 0.717) is 6.07 Å². The largest absolute Gasteiger partial charge is 0.417 e. The van der Waals surface area contributed by atoms with Crippen molar-refractivity contribution in [1.82, 2.24) is 4.31 Å². The Balaban J connectivity index is 2.41. The summed E-state index contributed by atoms with van der Waals surface area (Å²) in [7, 11) is -2.54. The molecule has 0 atom stereocenters. The number of hydrogen-bond acceptors (Lipinski definition) is 2. The summed E-state index contributed by atoms with van der Waals surface area (Å²) >= 11 is 5.51. The summed E-state index contributed by atoms with van der Waals surface area (Å²) in [5, 5.41) is -0.509. The fraction of sp³-hybridized carbons (Fsp3) is 0.538. The van der Waals surface area contributed by atoms with E-state index in [1.54, 1.807) is 0 Å². The average molecular weight is 342 g/mol. The fourth-order valence-corrected chi connectivity index (χ4v) is 4.18. The van der Waals surface area contributed by atoms with Crippen LogP contribution in [0, 0.1) is 0 Å². The average Bonchev–Trinajstić information content (AvgIpc) is 2.90. The number of rotatable bonds is 3. The van der Waals surface area contributed by atoms with Crippen LogP contribution in [0.3, 0.4) is 0 Å².